The van der Waals surface area contributed by atoms with E-state index < -0.39 is 0 Å². The minimum Gasteiger partial charge on any atom is -0.396 e. The molecule has 1 fully saturated rings. The number of hydrogen-bond donors (Lipinski definition) is 2. The van der Waals surface area contributed by atoms with Crippen molar-refractivity contribution in [2.24, 2.45) is 11.8 Å². The molecule has 1 heterocycles. The molecule has 2 N–H and O–H groups in total. The molecule has 0 aliphatic carbocycles. The van der Waals surface area contributed by atoms with Crippen molar-refractivity contribution >= 4 is 11.6 Å². The first-order valence-corrected chi connectivity index (χ1v) is 7.98. The second kappa shape index (κ2) is 8.22. The second-order valence-electron chi connectivity index (χ2n) is 6.08. The highest BCUT2D eigenvalue weighted by atomic mass is 35.5. The average Bonchev–Trinajstić information content (AvgIpc) is 2.85. The van der Waals surface area contributed by atoms with Gasteiger partial charge in [-0.3, -0.25) is 4.90 Å². The number of likely N-dealkylation sites (tertiary alicyclic amines) is 1. The maximum absolute atomic E-state index is 13.9. The number of aliphatic hydroxyl groups excluding tert-OH is 2. The van der Waals surface area contributed by atoms with Crippen LogP contribution in [-0.2, 0) is 6.54 Å². The third kappa shape index (κ3) is 4.40. The molecule has 1 aliphatic rings. The molecule has 1 aromatic carbocycles. The Morgan fingerprint density at radius 2 is 2.05 bits per heavy atom. The van der Waals surface area contributed by atoms with Crippen LogP contribution in [0.5, 0.6) is 0 Å². The van der Waals surface area contributed by atoms with Gasteiger partial charge >= 0.3 is 0 Å². The van der Waals surface area contributed by atoms with Crippen LogP contribution in [0.15, 0.2) is 18.2 Å². The lowest BCUT2D eigenvalue weighted by Gasteiger charge is -2.23. The first-order valence-electron chi connectivity index (χ1n) is 7.60. The number of benzene rings is 1. The summed E-state index contributed by atoms with van der Waals surface area (Å²) in [6, 6.07) is 4.73. The van der Waals surface area contributed by atoms with Gasteiger partial charge in [-0.05, 0) is 31.0 Å². The molecule has 6 heteroatoms. The molecule has 0 amide bonds. The van der Waals surface area contributed by atoms with Gasteiger partial charge in [0.2, 0.25) is 0 Å². The number of aliphatic hydroxyl groups is 2. The van der Waals surface area contributed by atoms with Crippen molar-refractivity contribution in [2.45, 2.75) is 6.54 Å². The Morgan fingerprint density at radius 1 is 1.32 bits per heavy atom. The maximum Gasteiger partial charge on any atom is 0.129 e. The molecule has 124 valence electrons. The highest BCUT2D eigenvalue weighted by Crippen LogP contribution is 2.28. The van der Waals surface area contributed by atoms with E-state index in [-0.39, 0.29) is 24.9 Å². The van der Waals surface area contributed by atoms with E-state index in [0.29, 0.717) is 29.6 Å². The Labute approximate surface area is 136 Å². The molecule has 22 heavy (non-hydrogen) atoms. The van der Waals surface area contributed by atoms with Crippen LogP contribution in [-0.4, -0.2) is 66.5 Å². The molecule has 0 radical (unpaired) electrons. The highest BCUT2D eigenvalue weighted by molar-refractivity contribution is 6.31. The van der Waals surface area contributed by atoms with Gasteiger partial charge in [0.25, 0.3) is 0 Å². The predicted molar refractivity (Wildman–Crippen MR) is 85.3 cm³/mol. The molecular formula is C16H24ClFN2O2. The van der Waals surface area contributed by atoms with Crippen LogP contribution >= 0.6 is 11.6 Å². The lowest BCUT2D eigenvalue weighted by Crippen LogP contribution is -2.33. The lowest BCUT2D eigenvalue weighted by atomic mass is 9.96. The van der Waals surface area contributed by atoms with Crippen LogP contribution in [0.2, 0.25) is 5.02 Å². The molecule has 0 spiro atoms. The van der Waals surface area contributed by atoms with Crippen molar-refractivity contribution in [1.82, 2.24) is 9.80 Å². The van der Waals surface area contributed by atoms with E-state index in [2.05, 4.69) is 9.80 Å². The van der Waals surface area contributed by atoms with Gasteiger partial charge in [0.1, 0.15) is 5.82 Å². The van der Waals surface area contributed by atoms with E-state index in [9.17, 15) is 9.50 Å². The zero-order chi connectivity index (χ0) is 16.1. The first kappa shape index (κ1) is 17.6. The maximum atomic E-state index is 13.9. The molecule has 1 aliphatic heterocycles. The van der Waals surface area contributed by atoms with Crippen LogP contribution in [0.25, 0.3) is 0 Å². The summed E-state index contributed by atoms with van der Waals surface area (Å²) in [5.41, 5.74) is 0.519. The number of likely N-dealkylation sites (N-methyl/N-ethyl adjacent to an activating group) is 1. The smallest absolute Gasteiger partial charge is 0.129 e. The quantitative estimate of drug-likeness (QED) is 0.794. The molecule has 2 atom stereocenters. The minimum atomic E-state index is -0.283. The average molecular weight is 331 g/mol. The Kier molecular flexibility index (Phi) is 6.59. The van der Waals surface area contributed by atoms with Gasteiger partial charge < -0.3 is 15.1 Å². The van der Waals surface area contributed by atoms with Crippen molar-refractivity contribution in [1.29, 1.82) is 0 Å². The molecule has 0 saturated carbocycles. The molecule has 4 nitrogen and oxygen atoms in total. The van der Waals surface area contributed by atoms with Crippen LogP contribution in [0.4, 0.5) is 4.39 Å². The molecule has 2 rings (SSSR count). The van der Waals surface area contributed by atoms with Crippen LogP contribution in [0.3, 0.4) is 0 Å². The van der Waals surface area contributed by atoms with Gasteiger partial charge in [0.05, 0.1) is 6.61 Å². The molecular weight excluding hydrogens is 307 g/mol. The molecule has 1 saturated heterocycles. The number of halogens is 2. The molecule has 0 unspecified atom stereocenters. The van der Waals surface area contributed by atoms with Crippen LogP contribution in [0, 0.1) is 17.7 Å². The normalized spacial score (nSPS) is 22.6. The van der Waals surface area contributed by atoms with Gasteiger partial charge in [-0.25, -0.2) is 4.39 Å². The topological polar surface area (TPSA) is 46.9 Å². The number of nitrogens with zero attached hydrogens (tertiary/aromatic N) is 2. The van der Waals surface area contributed by atoms with Gasteiger partial charge in [-0.15, -0.1) is 0 Å². The van der Waals surface area contributed by atoms with Crippen molar-refractivity contribution in [3.05, 3.63) is 34.6 Å². The van der Waals surface area contributed by atoms with E-state index in [1.54, 1.807) is 12.1 Å². The SMILES string of the molecule is CN(CCO)C[C@@H]1CN(Cc2c(F)cccc2Cl)C[C@@H]1CO. The highest BCUT2D eigenvalue weighted by Gasteiger charge is 2.33. The fraction of sp³-hybridized carbons (Fsp3) is 0.625. The van der Waals surface area contributed by atoms with E-state index >= 15 is 0 Å². The summed E-state index contributed by atoms with van der Waals surface area (Å²) in [4.78, 5) is 4.20. The van der Waals surface area contributed by atoms with E-state index in [0.717, 1.165) is 19.6 Å². The summed E-state index contributed by atoms with van der Waals surface area (Å²) in [6.07, 6.45) is 0. The molecule has 0 bridgehead atoms. The fourth-order valence-electron chi connectivity index (χ4n) is 3.15. The van der Waals surface area contributed by atoms with Crippen molar-refractivity contribution in [3.63, 3.8) is 0 Å². The lowest BCUT2D eigenvalue weighted by molar-refractivity contribution is 0.160. The third-order valence-electron chi connectivity index (χ3n) is 4.36. The van der Waals surface area contributed by atoms with Gasteiger partial charge in [-0.1, -0.05) is 17.7 Å². The van der Waals surface area contributed by atoms with Gasteiger partial charge in [-0.2, -0.15) is 0 Å². The van der Waals surface area contributed by atoms with Gasteiger partial charge in [0.15, 0.2) is 0 Å². The Hall–Kier alpha value is -0.720. The van der Waals surface area contributed by atoms with Crippen molar-refractivity contribution in [3.8, 4) is 0 Å². The Morgan fingerprint density at radius 3 is 2.68 bits per heavy atom. The van der Waals surface area contributed by atoms with Crippen molar-refractivity contribution in [2.75, 3.05) is 46.4 Å². The predicted octanol–water partition coefficient (Wildman–Crippen LogP) is 1.44. The van der Waals surface area contributed by atoms with E-state index in [1.165, 1.54) is 6.07 Å². The van der Waals surface area contributed by atoms with Crippen LogP contribution in [0.1, 0.15) is 5.56 Å². The van der Waals surface area contributed by atoms with Gasteiger partial charge in [0, 0.05) is 49.9 Å². The Balaban J connectivity index is 1.99. The summed E-state index contributed by atoms with van der Waals surface area (Å²) >= 11 is 6.09. The zero-order valence-corrected chi connectivity index (χ0v) is 13.6. The largest absolute Gasteiger partial charge is 0.396 e. The first-order chi connectivity index (χ1) is 10.5. The third-order valence-corrected chi connectivity index (χ3v) is 4.71. The summed E-state index contributed by atoms with van der Waals surface area (Å²) in [7, 11) is 1.96. The standard InChI is InChI=1S/C16H24ClFN2O2/c1-19(5-6-21)7-12-8-20(9-13(12)11-22)10-14-15(17)3-2-4-16(14)18/h2-4,12-13,21-22H,5-11H2,1H3/t12-,13-/m1/s1. The van der Waals surface area contributed by atoms with Crippen LogP contribution < -0.4 is 0 Å². The summed E-state index contributed by atoms with van der Waals surface area (Å²) < 4.78 is 13.9. The molecule has 0 aromatic heterocycles. The number of hydrogen-bond acceptors (Lipinski definition) is 4. The monoisotopic (exact) mass is 330 g/mol. The minimum absolute atomic E-state index is 0.124. The second-order valence-corrected chi connectivity index (χ2v) is 6.49. The Bertz CT molecular complexity index is 469. The van der Waals surface area contributed by atoms with E-state index in [4.69, 9.17) is 16.7 Å². The van der Waals surface area contributed by atoms with E-state index in [1.807, 2.05) is 7.05 Å². The zero-order valence-electron chi connectivity index (χ0n) is 12.9. The summed E-state index contributed by atoms with van der Waals surface area (Å²) in [6.45, 7) is 3.68. The summed E-state index contributed by atoms with van der Waals surface area (Å²) in [5.74, 6) is 0.202. The molecule has 1 aromatic rings. The van der Waals surface area contributed by atoms with Crippen molar-refractivity contribution < 1.29 is 14.6 Å². The fourth-order valence-corrected chi connectivity index (χ4v) is 3.37. The number of rotatable bonds is 7. The summed E-state index contributed by atoms with van der Waals surface area (Å²) in [5, 5.41) is 19.0.